The van der Waals surface area contributed by atoms with E-state index < -0.39 is 17.5 Å². The molecule has 25 heavy (non-hydrogen) atoms. The molecule has 2 N–H and O–H groups in total. The summed E-state index contributed by atoms with van der Waals surface area (Å²) in [5.74, 6) is -0.856. The van der Waals surface area contributed by atoms with E-state index in [4.69, 9.17) is 4.74 Å². The molecule has 3 saturated heterocycles. The molecule has 3 rings (SSSR count). The number of amides is 3. The Kier molecular flexibility index (Phi) is 5.21. The Labute approximate surface area is 147 Å². The van der Waals surface area contributed by atoms with Crippen molar-refractivity contribution in [3.8, 4) is 0 Å². The van der Waals surface area contributed by atoms with Crippen LogP contribution < -0.4 is 10.6 Å². The van der Waals surface area contributed by atoms with Gasteiger partial charge in [-0.25, -0.2) is 0 Å². The van der Waals surface area contributed by atoms with Gasteiger partial charge in [0.05, 0.1) is 18.1 Å². The number of hydrogen-bond acceptors (Lipinski definition) is 6. The van der Waals surface area contributed by atoms with Crippen LogP contribution in [0.15, 0.2) is 12.7 Å². The molecule has 0 aromatic heterocycles. The van der Waals surface area contributed by atoms with Crippen molar-refractivity contribution in [1.82, 2.24) is 20.4 Å². The molecule has 0 bridgehead atoms. The topological polar surface area (TPSA) is 91.0 Å². The Hall–Kier alpha value is -1.77. The lowest BCUT2D eigenvalue weighted by Gasteiger charge is -2.45. The molecule has 3 fully saturated rings. The van der Waals surface area contributed by atoms with Gasteiger partial charge in [-0.1, -0.05) is 6.08 Å². The molecule has 0 aromatic carbocycles. The van der Waals surface area contributed by atoms with Gasteiger partial charge in [0, 0.05) is 32.6 Å². The highest BCUT2D eigenvalue weighted by molar-refractivity contribution is 6.01. The fourth-order valence-corrected chi connectivity index (χ4v) is 3.96. The van der Waals surface area contributed by atoms with E-state index in [1.165, 1.54) is 4.90 Å². The van der Waals surface area contributed by atoms with Crippen molar-refractivity contribution in [1.29, 1.82) is 0 Å². The van der Waals surface area contributed by atoms with Gasteiger partial charge in [-0.15, -0.1) is 6.58 Å². The Morgan fingerprint density at radius 1 is 1.28 bits per heavy atom. The van der Waals surface area contributed by atoms with Gasteiger partial charge < -0.3 is 15.0 Å². The third-order valence-corrected chi connectivity index (χ3v) is 5.57. The van der Waals surface area contributed by atoms with Crippen molar-refractivity contribution in [3.05, 3.63) is 12.7 Å². The van der Waals surface area contributed by atoms with Gasteiger partial charge in [0.2, 0.25) is 17.7 Å². The minimum Gasteiger partial charge on any atom is -0.356 e. The van der Waals surface area contributed by atoms with Crippen LogP contribution in [0, 0.1) is 0 Å². The number of piperidine rings is 1. The van der Waals surface area contributed by atoms with Gasteiger partial charge in [0.1, 0.15) is 12.8 Å². The van der Waals surface area contributed by atoms with Crippen LogP contribution in [0.4, 0.5) is 0 Å². The van der Waals surface area contributed by atoms with Crippen LogP contribution in [-0.2, 0) is 19.1 Å². The average Bonchev–Trinajstić information content (AvgIpc) is 2.73. The van der Waals surface area contributed by atoms with E-state index in [0.29, 0.717) is 6.42 Å². The zero-order valence-corrected chi connectivity index (χ0v) is 14.6. The number of nitrogens with zero attached hydrogens (tertiary/aromatic N) is 2. The molecular weight excluding hydrogens is 324 g/mol. The van der Waals surface area contributed by atoms with Gasteiger partial charge in [0.15, 0.2) is 0 Å². The Morgan fingerprint density at radius 2 is 2.00 bits per heavy atom. The number of rotatable bonds is 3. The molecule has 3 atom stereocenters. The molecule has 3 aliphatic heterocycles. The number of ether oxygens (including phenoxy) is 1. The van der Waals surface area contributed by atoms with Crippen LogP contribution in [0.2, 0.25) is 0 Å². The number of piperazine rings is 1. The minimum atomic E-state index is -0.652. The minimum absolute atomic E-state index is 0.0496. The van der Waals surface area contributed by atoms with Crippen molar-refractivity contribution in [2.24, 2.45) is 0 Å². The molecule has 138 valence electrons. The maximum absolute atomic E-state index is 13.0. The van der Waals surface area contributed by atoms with Gasteiger partial charge in [-0.05, 0) is 13.3 Å². The van der Waals surface area contributed by atoms with Gasteiger partial charge in [-0.2, -0.15) is 0 Å². The number of carbonyl (C=O) groups is 3. The Balaban J connectivity index is 1.82. The van der Waals surface area contributed by atoms with Crippen LogP contribution in [0.1, 0.15) is 26.2 Å². The first-order valence-electron chi connectivity index (χ1n) is 8.82. The summed E-state index contributed by atoms with van der Waals surface area (Å²) < 4.78 is 5.98. The molecule has 0 spiro atoms. The van der Waals surface area contributed by atoms with Crippen LogP contribution in [0.3, 0.4) is 0 Å². The van der Waals surface area contributed by atoms with Crippen molar-refractivity contribution in [3.63, 3.8) is 0 Å². The standard InChI is InChI=1S/C17H26N4O4/c1-3-17(20-8-6-18-7-9-20)10-15(23)21(11-25-12(17)2)13-4-5-14(22)19-16(13)24/h3,12-13,18H,1,4-11H2,2H3,(H,19,22,24)/t12?,13?,17-/m1/s1. The quantitative estimate of drug-likeness (QED) is 0.512. The van der Waals surface area contributed by atoms with Crippen molar-refractivity contribution in [2.45, 2.75) is 43.9 Å². The third-order valence-electron chi connectivity index (χ3n) is 5.57. The predicted octanol–water partition coefficient (Wildman–Crippen LogP) is -0.783. The van der Waals surface area contributed by atoms with Gasteiger partial charge in [-0.3, -0.25) is 24.6 Å². The molecule has 8 nitrogen and oxygen atoms in total. The summed E-state index contributed by atoms with van der Waals surface area (Å²) >= 11 is 0. The smallest absolute Gasteiger partial charge is 0.249 e. The summed E-state index contributed by atoms with van der Waals surface area (Å²) in [7, 11) is 0. The van der Waals surface area contributed by atoms with Crippen LogP contribution in [0.5, 0.6) is 0 Å². The highest BCUT2D eigenvalue weighted by Gasteiger charge is 2.47. The Morgan fingerprint density at radius 3 is 2.64 bits per heavy atom. The molecule has 0 radical (unpaired) electrons. The monoisotopic (exact) mass is 350 g/mol. The van der Waals surface area contributed by atoms with E-state index in [-0.39, 0.29) is 37.5 Å². The first-order chi connectivity index (χ1) is 12.0. The predicted molar refractivity (Wildman–Crippen MR) is 90.4 cm³/mol. The average molecular weight is 350 g/mol. The highest BCUT2D eigenvalue weighted by Crippen LogP contribution is 2.32. The summed E-state index contributed by atoms with van der Waals surface area (Å²) in [6.07, 6.45) is 2.37. The van der Waals surface area contributed by atoms with Crippen LogP contribution in [0.25, 0.3) is 0 Å². The van der Waals surface area contributed by atoms with E-state index in [1.54, 1.807) is 0 Å². The van der Waals surface area contributed by atoms with Gasteiger partial charge in [0.25, 0.3) is 0 Å². The third kappa shape index (κ3) is 3.33. The summed E-state index contributed by atoms with van der Waals surface area (Å²) in [5.41, 5.74) is -0.588. The summed E-state index contributed by atoms with van der Waals surface area (Å²) in [6, 6.07) is -0.652. The van der Waals surface area contributed by atoms with Crippen LogP contribution >= 0.6 is 0 Å². The van der Waals surface area contributed by atoms with E-state index in [9.17, 15) is 14.4 Å². The molecule has 2 unspecified atom stereocenters. The lowest BCUT2D eigenvalue weighted by atomic mass is 9.86. The molecule has 8 heteroatoms. The number of hydrogen-bond donors (Lipinski definition) is 2. The largest absolute Gasteiger partial charge is 0.356 e. The van der Waals surface area contributed by atoms with E-state index >= 15 is 0 Å². The summed E-state index contributed by atoms with van der Waals surface area (Å²) in [6.45, 7) is 9.31. The number of nitrogens with one attached hydrogen (secondary N) is 2. The van der Waals surface area contributed by atoms with Crippen molar-refractivity contribution in [2.75, 3.05) is 32.9 Å². The maximum atomic E-state index is 13.0. The normalized spacial score (nSPS) is 35.2. The molecule has 0 aromatic rings. The van der Waals surface area contributed by atoms with E-state index in [0.717, 1.165) is 26.2 Å². The lowest BCUT2D eigenvalue weighted by Crippen LogP contribution is -2.61. The summed E-state index contributed by atoms with van der Waals surface area (Å²) in [4.78, 5) is 40.2. The maximum Gasteiger partial charge on any atom is 0.249 e. The van der Waals surface area contributed by atoms with Crippen molar-refractivity contribution < 1.29 is 19.1 Å². The molecule has 0 aliphatic carbocycles. The summed E-state index contributed by atoms with van der Waals surface area (Å²) in [5, 5.41) is 5.62. The second-order valence-electron chi connectivity index (χ2n) is 6.88. The first kappa shape index (κ1) is 18.0. The molecular formula is C17H26N4O4. The second kappa shape index (κ2) is 7.23. The molecule has 0 saturated carbocycles. The molecule has 3 aliphatic rings. The molecule has 3 amide bonds. The SMILES string of the molecule is C=C[C@@]1(N2CCNCC2)CC(=O)N(C2CCC(=O)NC2=O)COC1C. The zero-order chi connectivity index (χ0) is 18.0. The Bertz CT molecular complexity index is 575. The van der Waals surface area contributed by atoms with E-state index in [1.807, 2.05) is 13.0 Å². The number of imide groups is 1. The second-order valence-corrected chi connectivity index (χ2v) is 6.88. The lowest BCUT2D eigenvalue weighted by molar-refractivity contribution is -0.150. The van der Waals surface area contributed by atoms with Crippen LogP contribution in [-0.4, -0.2) is 78.1 Å². The zero-order valence-electron chi connectivity index (χ0n) is 14.6. The number of carbonyl (C=O) groups excluding carboxylic acids is 3. The highest BCUT2D eigenvalue weighted by atomic mass is 16.5. The fraction of sp³-hybridized carbons (Fsp3) is 0.706. The fourth-order valence-electron chi connectivity index (χ4n) is 3.96. The first-order valence-corrected chi connectivity index (χ1v) is 8.82. The van der Waals surface area contributed by atoms with Crippen molar-refractivity contribution >= 4 is 17.7 Å². The van der Waals surface area contributed by atoms with Gasteiger partial charge >= 0.3 is 0 Å². The molecule has 3 heterocycles. The van der Waals surface area contributed by atoms with E-state index in [2.05, 4.69) is 22.1 Å².